The number of amides is 3. The number of rotatable bonds is 9. The highest BCUT2D eigenvalue weighted by molar-refractivity contribution is 7.16. The zero-order valence-electron chi connectivity index (χ0n) is 22.3. The molecule has 0 aliphatic carbocycles. The van der Waals surface area contributed by atoms with Gasteiger partial charge in [-0.1, -0.05) is 25.2 Å². The van der Waals surface area contributed by atoms with Gasteiger partial charge in [-0.3, -0.25) is 9.59 Å². The van der Waals surface area contributed by atoms with Gasteiger partial charge in [0, 0.05) is 31.1 Å². The number of carbonyl (C=O) groups excluding carboxylic acids is 3. The third-order valence-corrected chi connectivity index (χ3v) is 6.31. The number of hydrogen-bond donors (Lipinski definition) is 2. The van der Waals surface area contributed by atoms with E-state index in [1.165, 1.54) is 12.0 Å². The van der Waals surface area contributed by atoms with Crippen molar-refractivity contribution in [2.45, 2.75) is 59.7 Å². The lowest BCUT2D eigenvalue weighted by atomic mass is 10.2. The van der Waals surface area contributed by atoms with Crippen molar-refractivity contribution >= 4 is 34.2 Å². The highest BCUT2D eigenvalue weighted by Gasteiger charge is 2.29. The van der Waals surface area contributed by atoms with E-state index >= 15 is 0 Å². The van der Waals surface area contributed by atoms with Gasteiger partial charge in [0.25, 0.3) is 5.91 Å². The van der Waals surface area contributed by atoms with E-state index in [9.17, 15) is 14.4 Å². The first-order valence-electron chi connectivity index (χ1n) is 11.5. The average molecular weight is 521 g/mol. The number of anilines is 1. The summed E-state index contributed by atoms with van der Waals surface area (Å²) in [5, 5.41) is 6.42. The number of methoxy groups -OCH3 is 2. The van der Waals surface area contributed by atoms with Gasteiger partial charge in [-0.05, 0) is 39.8 Å². The zero-order valence-corrected chi connectivity index (χ0v) is 23.2. The molecule has 1 aromatic heterocycles. The second kappa shape index (κ2) is 12.1. The van der Waals surface area contributed by atoms with Gasteiger partial charge < -0.3 is 29.7 Å². The van der Waals surface area contributed by atoms with Gasteiger partial charge in [-0.15, -0.1) is 0 Å². The maximum absolute atomic E-state index is 13.2. The van der Waals surface area contributed by atoms with Crippen LogP contribution in [0, 0.1) is 5.92 Å². The number of ether oxygens (including phenoxy) is 3. The molecule has 2 aromatic rings. The van der Waals surface area contributed by atoms with Crippen LogP contribution < -0.4 is 20.1 Å². The SMILES string of the molecule is COc1ccc(CNC(=O)c2nc(C(C)N(C)C(=O)OC(C)(C)C)sc2NC(=O)C(C)C)c(OC)c1. The summed E-state index contributed by atoms with van der Waals surface area (Å²) in [6.45, 7) is 10.8. The molecular weight excluding hydrogens is 484 g/mol. The van der Waals surface area contributed by atoms with Crippen molar-refractivity contribution in [2.75, 3.05) is 26.6 Å². The molecule has 2 N–H and O–H groups in total. The smallest absolute Gasteiger partial charge is 0.410 e. The van der Waals surface area contributed by atoms with Gasteiger partial charge >= 0.3 is 6.09 Å². The Bertz CT molecular complexity index is 1090. The van der Waals surface area contributed by atoms with Gasteiger partial charge in [0.1, 0.15) is 27.1 Å². The summed E-state index contributed by atoms with van der Waals surface area (Å²) < 4.78 is 16.1. The Labute approximate surface area is 216 Å². The molecule has 1 atom stereocenters. The lowest BCUT2D eigenvalue weighted by molar-refractivity contribution is -0.118. The quantitative estimate of drug-likeness (QED) is 0.495. The molecule has 1 aromatic carbocycles. The fourth-order valence-electron chi connectivity index (χ4n) is 2.93. The lowest BCUT2D eigenvalue weighted by Crippen LogP contribution is -2.35. The molecule has 0 spiro atoms. The van der Waals surface area contributed by atoms with Crippen molar-refractivity contribution in [3.63, 3.8) is 0 Å². The molecule has 3 amide bonds. The number of nitrogens with zero attached hydrogens (tertiary/aromatic N) is 2. The minimum Gasteiger partial charge on any atom is -0.497 e. The molecule has 0 radical (unpaired) electrons. The number of carbonyl (C=O) groups is 3. The molecule has 0 saturated heterocycles. The Hall–Kier alpha value is -3.34. The van der Waals surface area contributed by atoms with Crippen molar-refractivity contribution < 1.29 is 28.6 Å². The van der Waals surface area contributed by atoms with Crippen LogP contribution in [0.15, 0.2) is 18.2 Å². The van der Waals surface area contributed by atoms with Crippen LogP contribution in [0.5, 0.6) is 11.5 Å². The van der Waals surface area contributed by atoms with Crippen LogP contribution >= 0.6 is 11.3 Å². The van der Waals surface area contributed by atoms with E-state index in [-0.39, 0.29) is 24.1 Å². The highest BCUT2D eigenvalue weighted by atomic mass is 32.1. The molecule has 11 heteroatoms. The predicted octanol–water partition coefficient (Wildman–Crippen LogP) is 4.61. The third kappa shape index (κ3) is 7.58. The normalized spacial score (nSPS) is 12.1. The van der Waals surface area contributed by atoms with Crippen LogP contribution in [0.25, 0.3) is 0 Å². The van der Waals surface area contributed by atoms with E-state index in [1.54, 1.807) is 73.9 Å². The molecule has 1 heterocycles. The van der Waals surface area contributed by atoms with E-state index in [0.717, 1.165) is 16.9 Å². The van der Waals surface area contributed by atoms with Gasteiger partial charge in [0.15, 0.2) is 5.69 Å². The Morgan fingerprint density at radius 3 is 2.33 bits per heavy atom. The summed E-state index contributed by atoms with van der Waals surface area (Å²) in [6, 6.07) is 4.80. The predicted molar refractivity (Wildman–Crippen MR) is 139 cm³/mol. The maximum Gasteiger partial charge on any atom is 0.410 e. The maximum atomic E-state index is 13.2. The summed E-state index contributed by atoms with van der Waals surface area (Å²) >= 11 is 1.15. The number of aromatic nitrogens is 1. The number of thiazole rings is 1. The minimum atomic E-state index is -0.655. The van der Waals surface area contributed by atoms with E-state index in [2.05, 4.69) is 15.6 Å². The van der Waals surface area contributed by atoms with Gasteiger partial charge in [0.05, 0.1) is 20.3 Å². The molecule has 2 rings (SSSR count). The van der Waals surface area contributed by atoms with Crippen LogP contribution in [0.1, 0.15) is 68.6 Å². The van der Waals surface area contributed by atoms with E-state index in [0.29, 0.717) is 21.5 Å². The van der Waals surface area contributed by atoms with E-state index in [1.807, 2.05) is 0 Å². The van der Waals surface area contributed by atoms with Crippen LogP contribution in [0.3, 0.4) is 0 Å². The number of hydrogen-bond acceptors (Lipinski definition) is 8. The molecule has 1 unspecified atom stereocenters. The van der Waals surface area contributed by atoms with Crippen molar-refractivity contribution in [1.29, 1.82) is 0 Å². The van der Waals surface area contributed by atoms with Gasteiger partial charge in [0.2, 0.25) is 5.91 Å². The molecule has 36 heavy (non-hydrogen) atoms. The molecular formula is C25H36N4O6S. The topological polar surface area (TPSA) is 119 Å². The van der Waals surface area contributed by atoms with Crippen LogP contribution in [0.4, 0.5) is 9.80 Å². The largest absolute Gasteiger partial charge is 0.497 e. The first kappa shape index (κ1) is 28.9. The molecule has 0 bridgehead atoms. The van der Waals surface area contributed by atoms with Crippen molar-refractivity contribution in [3.05, 3.63) is 34.5 Å². The monoisotopic (exact) mass is 520 g/mol. The number of benzene rings is 1. The zero-order chi connectivity index (χ0) is 27.2. The molecule has 0 saturated carbocycles. The van der Waals surface area contributed by atoms with E-state index in [4.69, 9.17) is 14.2 Å². The Morgan fingerprint density at radius 2 is 1.78 bits per heavy atom. The van der Waals surface area contributed by atoms with Crippen molar-refractivity contribution in [1.82, 2.24) is 15.2 Å². The van der Waals surface area contributed by atoms with Crippen molar-refractivity contribution in [2.24, 2.45) is 5.92 Å². The summed E-state index contributed by atoms with van der Waals surface area (Å²) in [6.07, 6.45) is -0.518. The third-order valence-electron chi connectivity index (χ3n) is 5.17. The summed E-state index contributed by atoms with van der Waals surface area (Å²) in [5.41, 5.74) is 0.159. The second-order valence-corrected chi connectivity index (χ2v) is 10.5. The highest BCUT2D eigenvalue weighted by Crippen LogP contribution is 2.32. The first-order valence-corrected chi connectivity index (χ1v) is 12.4. The van der Waals surface area contributed by atoms with Gasteiger partial charge in [-0.25, -0.2) is 9.78 Å². The van der Waals surface area contributed by atoms with Crippen LogP contribution in [-0.2, 0) is 16.1 Å². The fourth-order valence-corrected chi connectivity index (χ4v) is 3.99. The Balaban J connectivity index is 2.30. The van der Waals surface area contributed by atoms with Crippen LogP contribution in [0.2, 0.25) is 0 Å². The first-order chi connectivity index (χ1) is 16.8. The van der Waals surface area contributed by atoms with Crippen molar-refractivity contribution in [3.8, 4) is 11.5 Å². The molecule has 0 aliphatic heterocycles. The Morgan fingerprint density at radius 1 is 1.11 bits per heavy atom. The summed E-state index contributed by atoms with van der Waals surface area (Å²) in [4.78, 5) is 44.0. The lowest BCUT2D eigenvalue weighted by Gasteiger charge is -2.27. The van der Waals surface area contributed by atoms with Gasteiger partial charge in [-0.2, -0.15) is 0 Å². The summed E-state index contributed by atoms with van der Waals surface area (Å²) in [5.74, 6) is 0.185. The average Bonchev–Trinajstić information content (AvgIpc) is 3.23. The number of nitrogens with one attached hydrogen (secondary N) is 2. The standard InChI is InChI=1S/C25H36N4O6S/c1-14(2)20(30)28-23-19(21(31)26-13-16-10-11-17(33-8)12-18(16)34-9)27-22(36-23)15(3)29(7)24(32)35-25(4,5)6/h10-12,14-15H,13H2,1-9H3,(H,26,31)(H,28,30). The molecule has 10 nitrogen and oxygen atoms in total. The molecule has 0 aliphatic rings. The molecule has 0 fully saturated rings. The Kier molecular flexibility index (Phi) is 9.69. The summed E-state index contributed by atoms with van der Waals surface area (Å²) in [7, 11) is 4.70. The van der Waals surface area contributed by atoms with E-state index < -0.39 is 23.6 Å². The van der Waals surface area contributed by atoms with Crippen LogP contribution in [-0.4, -0.2) is 54.7 Å². The minimum absolute atomic E-state index is 0.0703. The fraction of sp³-hybridized carbons (Fsp3) is 0.520. The second-order valence-electron chi connectivity index (χ2n) is 9.50. The molecule has 198 valence electrons.